The summed E-state index contributed by atoms with van der Waals surface area (Å²) in [4.78, 5) is 21.6. The van der Waals surface area contributed by atoms with Crippen molar-refractivity contribution in [2.45, 2.75) is 49.5 Å². The minimum absolute atomic E-state index is 0. The van der Waals surface area contributed by atoms with Gasteiger partial charge in [-0.1, -0.05) is 144 Å². The van der Waals surface area contributed by atoms with E-state index in [2.05, 4.69) is 30.6 Å². The minimum Gasteiger partial charge on any atom is -1.00 e. The molecule has 66 heavy (non-hydrogen) atoms. The van der Waals surface area contributed by atoms with Crippen LogP contribution in [0.5, 0.6) is 0 Å². The number of nitrogens with one attached hydrogen (secondary N) is 2. The van der Waals surface area contributed by atoms with Crippen LogP contribution in [0, 0.1) is 0 Å². The van der Waals surface area contributed by atoms with Gasteiger partial charge in [-0.25, -0.2) is 19.9 Å². The van der Waals surface area contributed by atoms with Gasteiger partial charge < -0.3 is 13.5 Å². The molecule has 2 aromatic heterocycles. The van der Waals surface area contributed by atoms with Crippen molar-refractivity contribution in [1.82, 2.24) is 19.9 Å². The van der Waals surface area contributed by atoms with Crippen molar-refractivity contribution in [3.05, 3.63) is 181 Å². The third-order valence-electron chi connectivity index (χ3n) is 8.76. The summed E-state index contributed by atoms with van der Waals surface area (Å²) in [7, 11) is -9.63. The summed E-state index contributed by atoms with van der Waals surface area (Å²) < 4.78 is 71.8. The first-order valence-electron chi connectivity index (χ1n) is 19.0. The molecule has 4 N–H and O–H groups in total. The molecule has 0 saturated carbocycles. The summed E-state index contributed by atoms with van der Waals surface area (Å²) in [5, 5.41) is 8.71. The van der Waals surface area contributed by atoms with Gasteiger partial charge in [-0.05, 0) is 83.9 Å². The Morgan fingerprint density at radius 3 is 0.939 bits per heavy atom. The first kappa shape index (κ1) is 51.4. The fraction of sp³-hybridized carbons (Fsp3) is 0. The van der Waals surface area contributed by atoms with Gasteiger partial charge >= 0.3 is 59.1 Å². The van der Waals surface area contributed by atoms with E-state index < -0.39 is 30.0 Å². The minimum atomic E-state index is -4.81. The Morgan fingerprint density at radius 1 is 0.409 bits per heavy atom. The molecule has 0 radical (unpaired) electrons. The number of benzene rings is 6. The third-order valence-corrected chi connectivity index (χ3v) is 14.3. The standard InChI is InChI=1S/C46H34N6O6S6.2Na.2H/c53-63(54,55)39-27-33(47-45-49-41(59-35-13-5-1-6-14-35)29-42(50-45)60-36-15-7-2-8-16-36)25-23-31(39)21-22-32-24-26-34(28-40(32)64(56,57)58)48-46-51-43(61-37-17-9-3-10-18-37)30-44(52-46)62-38-19-11-4-12-20-38;;;;/h1-30H,(H,47,49,50)(H,48,51,52)(H,53,54,55)(H,56,57,58);;;;/q;2*+1;2*-1. The molecule has 8 rings (SSSR count). The quantitative estimate of drug-likeness (QED) is 0.0368. The second-order valence-corrected chi connectivity index (χ2v) is 20.6. The molecule has 12 nitrogen and oxygen atoms in total. The molecule has 0 bridgehead atoms. The van der Waals surface area contributed by atoms with Crippen LogP contribution in [0.25, 0.3) is 12.2 Å². The van der Waals surface area contributed by atoms with Gasteiger partial charge in [0.1, 0.15) is 29.9 Å². The maximum absolute atomic E-state index is 12.8. The van der Waals surface area contributed by atoms with Crippen molar-refractivity contribution in [2.24, 2.45) is 0 Å². The van der Waals surface area contributed by atoms with E-state index in [0.29, 0.717) is 20.1 Å². The smallest absolute Gasteiger partial charge is 1.00 e. The third kappa shape index (κ3) is 14.8. The summed E-state index contributed by atoms with van der Waals surface area (Å²) in [6.07, 6.45) is 2.65. The first-order chi connectivity index (χ1) is 30.9. The first-order valence-corrected chi connectivity index (χ1v) is 25.2. The number of hydrogen-bond donors (Lipinski definition) is 4. The van der Waals surface area contributed by atoms with Gasteiger partial charge in [0.25, 0.3) is 20.2 Å². The number of aromatic nitrogens is 4. The number of rotatable bonds is 16. The monoisotopic (exact) mass is 1010 g/mol. The normalized spacial score (nSPS) is 11.4. The van der Waals surface area contributed by atoms with Crippen LogP contribution in [-0.4, -0.2) is 45.9 Å². The fourth-order valence-corrected chi connectivity index (χ4v) is 10.9. The molecule has 0 atom stereocenters. The van der Waals surface area contributed by atoms with Crippen LogP contribution in [0.4, 0.5) is 23.3 Å². The zero-order valence-corrected chi connectivity index (χ0v) is 44.0. The summed E-state index contributed by atoms with van der Waals surface area (Å²) in [5.74, 6) is 0.377. The van der Waals surface area contributed by atoms with Crippen LogP contribution in [-0.2, 0) is 20.2 Å². The average Bonchev–Trinajstić information content (AvgIpc) is 3.27. The zero-order valence-electron chi connectivity index (χ0n) is 37.1. The van der Waals surface area contributed by atoms with Crippen molar-refractivity contribution in [3.63, 3.8) is 0 Å². The molecular weight excluding hydrogens is 971 g/mol. The van der Waals surface area contributed by atoms with Gasteiger partial charge in [0, 0.05) is 43.1 Å². The van der Waals surface area contributed by atoms with Crippen LogP contribution < -0.4 is 69.7 Å². The van der Waals surface area contributed by atoms with E-state index in [0.717, 1.165) is 19.6 Å². The molecule has 2 heterocycles. The second kappa shape index (κ2) is 23.9. The largest absolute Gasteiger partial charge is 1.00 e. The van der Waals surface area contributed by atoms with Crippen LogP contribution in [0.3, 0.4) is 0 Å². The topological polar surface area (TPSA) is 184 Å². The number of hydrogen-bond acceptors (Lipinski definition) is 14. The molecule has 6 aromatic carbocycles. The van der Waals surface area contributed by atoms with Crippen LogP contribution in [0.2, 0.25) is 0 Å². The van der Waals surface area contributed by atoms with Crippen molar-refractivity contribution >= 4 is 103 Å². The predicted molar refractivity (Wildman–Crippen MR) is 257 cm³/mol. The van der Waals surface area contributed by atoms with Crippen molar-refractivity contribution < 1.29 is 87.9 Å². The maximum Gasteiger partial charge on any atom is 1.00 e. The second-order valence-electron chi connectivity index (χ2n) is 13.4. The number of anilines is 4. The summed E-state index contributed by atoms with van der Waals surface area (Å²) in [5.41, 5.74) is 0.594. The van der Waals surface area contributed by atoms with Gasteiger partial charge in [-0.3, -0.25) is 9.11 Å². The van der Waals surface area contributed by atoms with Gasteiger partial charge in [-0.15, -0.1) is 0 Å². The van der Waals surface area contributed by atoms with Crippen molar-refractivity contribution in [1.29, 1.82) is 0 Å². The van der Waals surface area contributed by atoms with E-state index in [-0.39, 0.29) is 96.4 Å². The predicted octanol–water partition coefficient (Wildman–Crippen LogP) is 6.26. The molecule has 0 saturated heterocycles. The molecule has 324 valence electrons. The maximum atomic E-state index is 12.8. The SMILES string of the molecule is O=S(=O)(O)c1cc(Nc2nc(Sc3ccccc3)cc(Sc3ccccc3)n2)ccc1C=Cc1ccc(Nc2nc(Sc3ccccc3)cc(Sc3ccccc3)n2)cc1S(=O)(=O)O.[H-].[H-].[Na+].[Na+]. The van der Waals surface area contributed by atoms with Gasteiger partial charge in [0.05, 0.1) is 0 Å². The van der Waals surface area contributed by atoms with E-state index in [9.17, 15) is 25.9 Å². The molecule has 0 fully saturated rings. The number of nitrogens with zero attached hydrogens (tertiary/aromatic N) is 4. The fourth-order valence-electron chi connectivity index (χ4n) is 5.95. The Kier molecular flexibility index (Phi) is 18.6. The summed E-state index contributed by atoms with van der Waals surface area (Å²) in [6, 6.07) is 51.0. The zero-order chi connectivity index (χ0) is 44.5. The van der Waals surface area contributed by atoms with Crippen LogP contribution in [0.1, 0.15) is 14.0 Å². The molecule has 0 aliphatic heterocycles. The Labute approximate surface area is 446 Å². The van der Waals surface area contributed by atoms with E-state index in [1.807, 2.05) is 133 Å². The summed E-state index contributed by atoms with van der Waals surface area (Å²) >= 11 is 5.74. The molecule has 0 aliphatic carbocycles. The van der Waals surface area contributed by atoms with E-state index in [4.69, 9.17) is 0 Å². The molecule has 8 aromatic rings. The molecule has 0 aliphatic rings. The van der Waals surface area contributed by atoms with Gasteiger partial charge in [0.15, 0.2) is 0 Å². The van der Waals surface area contributed by atoms with E-state index >= 15 is 0 Å². The Hall–Kier alpha value is -3.96. The Balaban J connectivity index is 0.00000252. The van der Waals surface area contributed by atoms with Crippen LogP contribution >= 0.6 is 47.0 Å². The Bertz CT molecular complexity index is 2870. The van der Waals surface area contributed by atoms with Crippen molar-refractivity contribution in [2.75, 3.05) is 10.6 Å². The van der Waals surface area contributed by atoms with Gasteiger partial charge in [-0.2, -0.15) is 16.8 Å². The van der Waals surface area contributed by atoms with E-state index in [1.165, 1.54) is 83.5 Å². The molecule has 20 heteroatoms. The van der Waals surface area contributed by atoms with Crippen LogP contribution in [0.15, 0.2) is 219 Å². The Morgan fingerprint density at radius 2 is 0.682 bits per heavy atom. The molecule has 0 spiro atoms. The van der Waals surface area contributed by atoms with E-state index in [1.54, 1.807) is 12.1 Å². The van der Waals surface area contributed by atoms with Crippen molar-refractivity contribution in [3.8, 4) is 0 Å². The van der Waals surface area contributed by atoms with Gasteiger partial charge in [0.2, 0.25) is 11.9 Å². The average molecular weight is 1010 g/mol. The summed E-state index contributed by atoms with van der Waals surface area (Å²) in [6.45, 7) is 0. The molecule has 0 amide bonds. The molecule has 0 unspecified atom stereocenters. The molecular formula is C46H36N6Na2O6S6.